The quantitative estimate of drug-likeness (QED) is 0.926. The molecule has 0 radical (unpaired) electrons. The summed E-state index contributed by atoms with van der Waals surface area (Å²) in [6.45, 7) is 0. The average Bonchev–Trinajstić information content (AvgIpc) is 2.85. The monoisotopic (exact) mass is 295 g/mol. The maximum absolute atomic E-state index is 12.2. The first-order chi connectivity index (χ1) is 9.09. The van der Waals surface area contributed by atoms with Crippen LogP contribution in [-0.2, 0) is 9.84 Å². The Balaban J connectivity index is 2.04. The maximum Gasteiger partial charge on any atom is 0.155 e. The van der Waals surface area contributed by atoms with Crippen LogP contribution in [0.1, 0.15) is 30.9 Å². The van der Waals surface area contributed by atoms with Crippen LogP contribution >= 0.6 is 11.3 Å². The van der Waals surface area contributed by atoms with Crippen molar-refractivity contribution in [1.29, 1.82) is 0 Å². The maximum atomic E-state index is 12.2. The van der Waals surface area contributed by atoms with Crippen molar-refractivity contribution in [3.05, 3.63) is 35.2 Å². The van der Waals surface area contributed by atoms with Gasteiger partial charge in [-0.1, -0.05) is 24.6 Å². The van der Waals surface area contributed by atoms with E-state index in [9.17, 15) is 8.42 Å². The fraction of sp³-hybridized carbons (Fsp3) is 0.429. The van der Waals surface area contributed by atoms with Gasteiger partial charge in [-0.3, -0.25) is 0 Å². The molecule has 102 valence electrons. The second-order valence-electron chi connectivity index (χ2n) is 5.11. The summed E-state index contributed by atoms with van der Waals surface area (Å²) < 4.78 is 25.5. The molecule has 1 aromatic carbocycles. The fourth-order valence-corrected chi connectivity index (χ4v) is 5.85. The lowest BCUT2D eigenvalue weighted by Gasteiger charge is -2.28. The van der Waals surface area contributed by atoms with Crippen LogP contribution in [0.25, 0.3) is 10.1 Å². The lowest BCUT2D eigenvalue weighted by molar-refractivity contribution is 0.506. The summed E-state index contributed by atoms with van der Waals surface area (Å²) in [6, 6.07) is 7.60. The minimum Gasteiger partial charge on any atom is -0.323 e. The number of nitrogens with two attached hydrogens (primary N) is 1. The van der Waals surface area contributed by atoms with Gasteiger partial charge in [0.1, 0.15) is 0 Å². The zero-order valence-corrected chi connectivity index (χ0v) is 12.2. The predicted octanol–water partition coefficient (Wildman–Crippen LogP) is 2.87. The van der Waals surface area contributed by atoms with Crippen molar-refractivity contribution in [3.63, 3.8) is 0 Å². The normalized spacial score (nSPS) is 24.4. The van der Waals surface area contributed by atoms with Gasteiger partial charge in [-0.2, -0.15) is 0 Å². The summed E-state index contributed by atoms with van der Waals surface area (Å²) >= 11 is 1.63. The highest BCUT2D eigenvalue weighted by molar-refractivity contribution is 7.92. The molecule has 3 rings (SSSR count). The Kier molecular flexibility index (Phi) is 3.37. The molecular weight excluding hydrogens is 278 g/mol. The lowest BCUT2D eigenvalue weighted by Crippen LogP contribution is -2.37. The first-order valence-corrected chi connectivity index (χ1v) is 9.12. The van der Waals surface area contributed by atoms with E-state index in [1.54, 1.807) is 11.3 Å². The van der Waals surface area contributed by atoms with E-state index in [4.69, 9.17) is 5.73 Å². The third-order valence-corrected chi connectivity index (χ3v) is 7.19. The molecule has 2 heterocycles. The molecule has 2 N–H and O–H groups in total. The van der Waals surface area contributed by atoms with E-state index in [-0.39, 0.29) is 5.75 Å². The standard InChI is InChI=1S/C14H17NO2S2/c15-13(12-6-1-2-9-19(12,16)17)11-5-3-4-10-7-8-18-14(10)11/h3-5,7-8,12-13H,1-2,6,9,15H2. The molecule has 0 spiro atoms. The van der Waals surface area contributed by atoms with E-state index in [2.05, 4.69) is 0 Å². The van der Waals surface area contributed by atoms with Crippen LogP contribution in [-0.4, -0.2) is 19.4 Å². The van der Waals surface area contributed by atoms with E-state index < -0.39 is 21.1 Å². The second kappa shape index (κ2) is 4.89. The molecule has 5 heteroatoms. The molecule has 1 saturated heterocycles. The van der Waals surface area contributed by atoms with E-state index in [1.165, 1.54) is 0 Å². The molecule has 1 fully saturated rings. The molecule has 1 aliphatic rings. The second-order valence-corrected chi connectivity index (χ2v) is 8.37. The predicted molar refractivity (Wildman–Crippen MR) is 80.2 cm³/mol. The molecule has 0 aliphatic carbocycles. The van der Waals surface area contributed by atoms with E-state index in [0.717, 1.165) is 28.5 Å². The Bertz CT molecular complexity index is 690. The van der Waals surface area contributed by atoms with Gasteiger partial charge < -0.3 is 5.73 Å². The average molecular weight is 295 g/mol. The lowest BCUT2D eigenvalue weighted by atomic mass is 9.99. The molecule has 0 bridgehead atoms. The Morgan fingerprint density at radius 3 is 2.89 bits per heavy atom. The van der Waals surface area contributed by atoms with Crippen LogP contribution in [0.15, 0.2) is 29.6 Å². The van der Waals surface area contributed by atoms with Gasteiger partial charge in [-0.25, -0.2) is 8.42 Å². The third kappa shape index (κ3) is 2.30. The van der Waals surface area contributed by atoms with Crippen molar-refractivity contribution in [2.75, 3.05) is 5.75 Å². The van der Waals surface area contributed by atoms with Crippen LogP contribution in [0.3, 0.4) is 0 Å². The van der Waals surface area contributed by atoms with Crippen molar-refractivity contribution >= 4 is 31.3 Å². The largest absolute Gasteiger partial charge is 0.323 e. The van der Waals surface area contributed by atoms with Gasteiger partial charge >= 0.3 is 0 Å². The van der Waals surface area contributed by atoms with E-state index in [0.29, 0.717) is 6.42 Å². The molecule has 2 aromatic rings. The van der Waals surface area contributed by atoms with Gasteiger partial charge in [-0.15, -0.1) is 11.3 Å². The van der Waals surface area contributed by atoms with Crippen molar-refractivity contribution in [1.82, 2.24) is 0 Å². The summed E-state index contributed by atoms with van der Waals surface area (Å²) in [5.74, 6) is 0.284. The highest BCUT2D eigenvalue weighted by Crippen LogP contribution is 2.34. The topological polar surface area (TPSA) is 60.2 Å². The minimum absolute atomic E-state index is 0.284. The number of fused-ring (bicyclic) bond motifs is 1. The number of thiophene rings is 1. The minimum atomic E-state index is -3.04. The summed E-state index contributed by atoms with van der Waals surface area (Å²) in [5.41, 5.74) is 7.27. The SMILES string of the molecule is NC(c1cccc2ccsc12)C1CCCCS1(=O)=O. The van der Waals surface area contributed by atoms with E-state index >= 15 is 0 Å². The van der Waals surface area contributed by atoms with Crippen molar-refractivity contribution < 1.29 is 8.42 Å². The van der Waals surface area contributed by atoms with Crippen molar-refractivity contribution in [3.8, 4) is 0 Å². The van der Waals surface area contributed by atoms with Gasteiger partial charge in [0.25, 0.3) is 0 Å². The molecule has 3 nitrogen and oxygen atoms in total. The number of hydrogen-bond acceptors (Lipinski definition) is 4. The summed E-state index contributed by atoms with van der Waals surface area (Å²) in [7, 11) is -3.04. The van der Waals surface area contributed by atoms with Crippen LogP contribution in [0.4, 0.5) is 0 Å². The number of rotatable bonds is 2. The van der Waals surface area contributed by atoms with Crippen LogP contribution < -0.4 is 5.73 Å². The van der Waals surface area contributed by atoms with Gasteiger partial charge in [0.2, 0.25) is 0 Å². The molecule has 2 unspecified atom stereocenters. The Labute approximate surface area is 117 Å². The molecule has 1 aliphatic heterocycles. The molecule has 0 amide bonds. The van der Waals surface area contributed by atoms with Crippen molar-refractivity contribution in [2.45, 2.75) is 30.6 Å². The highest BCUT2D eigenvalue weighted by Gasteiger charge is 2.35. The molecule has 2 atom stereocenters. The fourth-order valence-electron chi connectivity index (χ4n) is 2.86. The first-order valence-electron chi connectivity index (χ1n) is 6.53. The van der Waals surface area contributed by atoms with E-state index in [1.807, 2.05) is 29.6 Å². The third-order valence-electron chi connectivity index (χ3n) is 3.90. The Morgan fingerprint density at radius 1 is 1.26 bits per heavy atom. The van der Waals surface area contributed by atoms with Gasteiger partial charge in [-0.05, 0) is 35.2 Å². The Hall–Kier alpha value is -0.910. The van der Waals surface area contributed by atoms with Crippen LogP contribution in [0.2, 0.25) is 0 Å². The van der Waals surface area contributed by atoms with Crippen LogP contribution in [0, 0.1) is 0 Å². The van der Waals surface area contributed by atoms with Gasteiger partial charge in [0, 0.05) is 10.7 Å². The molecule has 19 heavy (non-hydrogen) atoms. The zero-order chi connectivity index (χ0) is 13.5. The first kappa shape index (κ1) is 13.1. The molecular formula is C14H17NO2S2. The molecule has 0 saturated carbocycles. The van der Waals surface area contributed by atoms with Crippen LogP contribution in [0.5, 0.6) is 0 Å². The summed E-state index contributed by atoms with van der Waals surface area (Å²) in [4.78, 5) is 0. The number of hydrogen-bond donors (Lipinski definition) is 1. The summed E-state index contributed by atoms with van der Waals surface area (Å²) in [5, 5.41) is 2.75. The molecule has 1 aromatic heterocycles. The number of benzene rings is 1. The Morgan fingerprint density at radius 2 is 2.11 bits per heavy atom. The van der Waals surface area contributed by atoms with Gasteiger partial charge in [0.15, 0.2) is 9.84 Å². The summed E-state index contributed by atoms with van der Waals surface area (Å²) in [6.07, 6.45) is 2.41. The number of sulfone groups is 1. The zero-order valence-electron chi connectivity index (χ0n) is 10.6. The van der Waals surface area contributed by atoms with Crippen molar-refractivity contribution in [2.24, 2.45) is 5.73 Å². The van der Waals surface area contributed by atoms with Gasteiger partial charge in [0.05, 0.1) is 11.0 Å². The smallest absolute Gasteiger partial charge is 0.155 e. The highest BCUT2D eigenvalue weighted by atomic mass is 32.2.